The highest BCUT2D eigenvalue weighted by molar-refractivity contribution is 6.05. The number of aliphatic hydroxyl groups is 1. The predicted molar refractivity (Wildman–Crippen MR) is 60.1 cm³/mol. The van der Waals surface area contributed by atoms with Crippen molar-refractivity contribution >= 4 is 16.8 Å². The zero-order valence-electron chi connectivity index (χ0n) is 8.90. The molecule has 5 nitrogen and oxygen atoms in total. The number of aromatic nitrogens is 2. The van der Waals surface area contributed by atoms with Crippen molar-refractivity contribution in [3.8, 4) is 0 Å². The zero-order valence-corrected chi connectivity index (χ0v) is 8.90. The minimum absolute atomic E-state index is 0.212. The van der Waals surface area contributed by atoms with E-state index >= 15 is 0 Å². The number of amides is 1. The van der Waals surface area contributed by atoms with Crippen molar-refractivity contribution in [2.75, 3.05) is 6.54 Å². The van der Waals surface area contributed by atoms with Crippen molar-refractivity contribution in [3.63, 3.8) is 0 Å². The molecule has 0 fully saturated rings. The predicted octanol–water partition coefficient (Wildman–Crippen LogP) is 0.673. The lowest BCUT2D eigenvalue weighted by atomic mass is 10.1. The molecule has 1 unspecified atom stereocenters. The first-order chi connectivity index (χ1) is 7.68. The molecule has 0 saturated carbocycles. The molecule has 1 aromatic heterocycles. The van der Waals surface area contributed by atoms with E-state index in [1.807, 2.05) is 6.07 Å². The summed E-state index contributed by atoms with van der Waals surface area (Å²) in [7, 11) is 0. The summed E-state index contributed by atoms with van der Waals surface area (Å²) in [6.45, 7) is 1.86. The van der Waals surface area contributed by atoms with E-state index in [1.54, 1.807) is 25.3 Å². The molecule has 2 aromatic rings. The normalized spacial score (nSPS) is 12.6. The van der Waals surface area contributed by atoms with E-state index in [-0.39, 0.29) is 12.5 Å². The van der Waals surface area contributed by atoms with E-state index in [1.165, 1.54) is 0 Å². The van der Waals surface area contributed by atoms with Gasteiger partial charge in [0.2, 0.25) is 0 Å². The number of nitrogens with one attached hydrogen (secondary N) is 2. The second-order valence-electron chi connectivity index (χ2n) is 3.70. The number of carbonyl (C=O) groups is 1. The van der Waals surface area contributed by atoms with Crippen molar-refractivity contribution in [1.29, 1.82) is 0 Å². The van der Waals surface area contributed by atoms with Crippen LogP contribution >= 0.6 is 0 Å². The highest BCUT2D eigenvalue weighted by Gasteiger charge is 2.11. The Balaban J connectivity index is 2.25. The maximum absolute atomic E-state index is 11.8. The minimum atomic E-state index is -0.551. The number of nitrogens with zero attached hydrogens (tertiary/aromatic N) is 1. The van der Waals surface area contributed by atoms with Gasteiger partial charge < -0.3 is 10.4 Å². The number of aromatic amines is 1. The fourth-order valence-electron chi connectivity index (χ4n) is 1.49. The Morgan fingerprint density at radius 3 is 3.19 bits per heavy atom. The van der Waals surface area contributed by atoms with Crippen LogP contribution in [0.1, 0.15) is 17.3 Å². The van der Waals surface area contributed by atoms with Gasteiger partial charge in [0, 0.05) is 11.9 Å². The zero-order chi connectivity index (χ0) is 11.5. The van der Waals surface area contributed by atoms with E-state index < -0.39 is 6.10 Å². The average Bonchev–Trinajstić information content (AvgIpc) is 2.73. The molecule has 0 aliphatic heterocycles. The molecule has 1 amide bonds. The molecule has 0 aliphatic rings. The van der Waals surface area contributed by atoms with Crippen molar-refractivity contribution in [3.05, 3.63) is 30.0 Å². The SMILES string of the molecule is CC(O)CNC(=O)c1cccc2cn[nH]c12. The second-order valence-corrected chi connectivity index (χ2v) is 3.70. The molecule has 0 bridgehead atoms. The highest BCUT2D eigenvalue weighted by Crippen LogP contribution is 2.15. The maximum atomic E-state index is 11.8. The van der Waals surface area contributed by atoms with E-state index in [0.29, 0.717) is 11.1 Å². The Bertz CT molecular complexity index is 505. The van der Waals surface area contributed by atoms with Crippen LogP contribution in [0.3, 0.4) is 0 Å². The Morgan fingerprint density at radius 1 is 1.62 bits per heavy atom. The van der Waals surface area contributed by atoms with Crippen LogP contribution in [0.5, 0.6) is 0 Å². The van der Waals surface area contributed by atoms with Gasteiger partial charge in [-0.25, -0.2) is 0 Å². The van der Waals surface area contributed by atoms with Crippen LogP contribution in [-0.4, -0.2) is 33.9 Å². The number of aliphatic hydroxyl groups excluding tert-OH is 1. The fraction of sp³-hybridized carbons (Fsp3) is 0.273. The molecule has 0 aliphatic carbocycles. The number of hydrogen-bond acceptors (Lipinski definition) is 3. The number of fused-ring (bicyclic) bond motifs is 1. The molecule has 2 rings (SSSR count). The third kappa shape index (κ3) is 2.04. The van der Waals surface area contributed by atoms with Crippen molar-refractivity contribution in [1.82, 2.24) is 15.5 Å². The van der Waals surface area contributed by atoms with Gasteiger partial charge in [-0.3, -0.25) is 9.89 Å². The van der Waals surface area contributed by atoms with Crippen molar-refractivity contribution in [2.45, 2.75) is 13.0 Å². The van der Waals surface area contributed by atoms with E-state index in [2.05, 4.69) is 15.5 Å². The van der Waals surface area contributed by atoms with Crippen molar-refractivity contribution in [2.24, 2.45) is 0 Å². The second kappa shape index (κ2) is 4.32. The van der Waals surface area contributed by atoms with Gasteiger partial charge in [-0.1, -0.05) is 12.1 Å². The topological polar surface area (TPSA) is 78.0 Å². The summed E-state index contributed by atoms with van der Waals surface area (Å²) >= 11 is 0. The first-order valence-electron chi connectivity index (χ1n) is 5.07. The number of carbonyl (C=O) groups excluding carboxylic acids is 1. The maximum Gasteiger partial charge on any atom is 0.253 e. The third-order valence-electron chi connectivity index (χ3n) is 2.28. The van der Waals surface area contributed by atoms with Crippen LogP contribution in [0.2, 0.25) is 0 Å². The number of benzene rings is 1. The summed E-state index contributed by atoms with van der Waals surface area (Å²) in [4.78, 5) is 11.8. The smallest absolute Gasteiger partial charge is 0.253 e. The van der Waals surface area contributed by atoms with E-state index in [0.717, 1.165) is 5.39 Å². The number of hydrogen-bond donors (Lipinski definition) is 3. The molecule has 16 heavy (non-hydrogen) atoms. The Labute approximate surface area is 92.5 Å². The minimum Gasteiger partial charge on any atom is -0.392 e. The summed E-state index contributed by atoms with van der Waals surface area (Å²) in [5.74, 6) is -0.212. The first-order valence-corrected chi connectivity index (χ1v) is 5.07. The van der Waals surface area contributed by atoms with Gasteiger partial charge in [0.25, 0.3) is 5.91 Å². The van der Waals surface area contributed by atoms with Gasteiger partial charge in [-0.2, -0.15) is 5.10 Å². The summed E-state index contributed by atoms with van der Waals surface area (Å²) in [6.07, 6.45) is 1.12. The van der Waals surface area contributed by atoms with E-state index in [4.69, 9.17) is 5.11 Å². The van der Waals surface area contributed by atoms with Crippen LogP contribution < -0.4 is 5.32 Å². The van der Waals surface area contributed by atoms with E-state index in [9.17, 15) is 4.79 Å². The highest BCUT2D eigenvalue weighted by atomic mass is 16.3. The largest absolute Gasteiger partial charge is 0.392 e. The molecule has 1 atom stereocenters. The Hall–Kier alpha value is -1.88. The lowest BCUT2D eigenvalue weighted by Crippen LogP contribution is -2.30. The van der Waals surface area contributed by atoms with Crippen LogP contribution in [-0.2, 0) is 0 Å². The van der Waals surface area contributed by atoms with Crippen LogP contribution in [0, 0.1) is 0 Å². The van der Waals surface area contributed by atoms with Crippen LogP contribution in [0.4, 0.5) is 0 Å². The Kier molecular flexibility index (Phi) is 2.87. The van der Waals surface area contributed by atoms with Gasteiger partial charge >= 0.3 is 0 Å². The van der Waals surface area contributed by atoms with Gasteiger partial charge in [0.1, 0.15) is 0 Å². The lowest BCUT2D eigenvalue weighted by molar-refractivity contribution is 0.0925. The molecule has 1 heterocycles. The lowest BCUT2D eigenvalue weighted by Gasteiger charge is -2.07. The average molecular weight is 219 g/mol. The molecular weight excluding hydrogens is 206 g/mol. The quantitative estimate of drug-likeness (QED) is 0.710. The molecule has 0 radical (unpaired) electrons. The fourth-order valence-corrected chi connectivity index (χ4v) is 1.49. The van der Waals surface area contributed by atoms with Gasteiger partial charge in [0.05, 0.1) is 23.4 Å². The third-order valence-corrected chi connectivity index (χ3v) is 2.28. The molecule has 0 spiro atoms. The number of rotatable bonds is 3. The summed E-state index contributed by atoms with van der Waals surface area (Å²) in [5, 5.41) is 19.3. The molecule has 0 saturated heterocycles. The van der Waals surface area contributed by atoms with Crippen molar-refractivity contribution < 1.29 is 9.90 Å². The molecule has 3 N–H and O–H groups in total. The van der Waals surface area contributed by atoms with Gasteiger partial charge in [0.15, 0.2) is 0 Å². The Morgan fingerprint density at radius 2 is 2.44 bits per heavy atom. The summed E-state index contributed by atoms with van der Waals surface area (Å²) in [5.41, 5.74) is 1.25. The number of para-hydroxylation sites is 1. The monoisotopic (exact) mass is 219 g/mol. The molecule has 84 valence electrons. The molecule has 5 heteroatoms. The standard InChI is InChI=1S/C11H13N3O2/c1-7(15)5-12-11(16)9-4-2-3-8-6-13-14-10(8)9/h2-4,6-7,15H,5H2,1H3,(H,12,16)(H,13,14). The van der Waals surface area contributed by atoms with Gasteiger partial charge in [-0.05, 0) is 13.0 Å². The number of H-pyrrole nitrogens is 1. The summed E-state index contributed by atoms with van der Waals surface area (Å²) in [6, 6.07) is 5.40. The summed E-state index contributed by atoms with van der Waals surface area (Å²) < 4.78 is 0. The first kappa shape index (κ1) is 10.6. The van der Waals surface area contributed by atoms with Crippen LogP contribution in [0.15, 0.2) is 24.4 Å². The van der Waals surface area contributed by atoms with Crippen LogP contribution in [0.25, 0.3) is 10.9 Å². The molecule has 1 aromatic carbocycles. The molecular formula is C11H13N3O2. The van der Waals surface area contributed by atoms with Gasteiger partial charge in [-0.15, -0.1) is 0 Å².